The summed E-state index contributed by atoms with van der Waals surface area (Å²) >= 11 is 0. The van der Waals surface area contributed by atoms with Gasteiger partial charge in [0.15, 0.2) is 11.5 Å². The Labute approximate surface area is 244 Å². The Hall–Kier alpha value is -2.41. The quantitative estimate of drug-likeness (QED) is 0.305. The maximum Gasteiger partial charge on any atom is 0.308 e. The third-order valence-corrected chi connectivity index (χ3v) is 10.4. The van der Waals surface area contributed by atoms with E-state index in [1.54, 1.807) is 6.07 Å². The number of hydrogen-bond donors (Lipinski definition) is 1. The molecule has 0 unspecified atom stereocenters. The highest BCUT2D eigenvalue weighted by atomic mass is 32.2. The van der Waals surface area contributed by atoms with Crippen LogP contribution in [0.4, 0.5) is 0 Å². The van der Waals surface area contributed by atoms with Crippen molar-refractivity contribution in [1.82, 2.24) is 19.0 Å². The number of amides is 1. The highest BCUT2D eigenvalue weighted by molar-refractivity contribution is 7.89. The molecule has 0 saturated carbocycles. The number of unbranched alkanes of at least 4 members (excludes halogenated alkanes) is 2. The van der Waals surface area contributed by atoms with Crippen molar-refractivity contribution in [3.63, 3.8) is 0 Å². The first-order chi connectivity index (χ1) is 19.6. The number of aliphatic carboxylic acids is 1. The standard InChI is InChI=1S/C29H46N4O7S/c1-4-5-13-31(14-7-6-12-30(2)3)27(34)20-32-19-23(22-9-10-25-26(18-22)40-21-39-25)28(29(35)36)24(32)11-16-33-15-8-17-41(33,37)38/h9-10,18,23-24,28H,4-8,11-17,19-21H2,1-3H3,(H,35,36)/t23-,24+,28-/m1/s1. The van der Waals surface area contributed by atoms with Gasteiger partial charge in [0.2, 0.25) is 22.7 Å². The average Bonchev–Trinajstić information content (AvgIpc) is 3.62. The lowest BCUT2D eigenvalue weighted by molar-refractivity contribution is -0.143. The summed E-state index contributed by atoms with van der Waals surface area (Å²) in [7, 11) is 0.762. The minimum atomic E-state index is -3.31. The van der Waals surface area contributed by atoms with Crippen LogP contribution in [0.3, 0.4) is 0 Å². The summed E-state index contributed by atoms with van der Waals surface area (Å²) in [6, 6.07) is 5.04. The Morgan fingerprint density at radius 1 is 1.07 bits per heavy atom. The number of carboxylic acids is 1. The van der Waals surface area contributed by atoms with Gasteiger partial charge in [0.25, 0.3) is 0 Å². The number of hydrogen-bond acceptors (Lipinski definition) is 8. The van der Waals surface area contributed by atoms with E-state index in [1.807, 2.05) is 36.0 Å². The van der Waals surface area contributed by atoms with Gasteiger partial charge >= 0.3 is 5.97 Å². The Morgan fingerprint density at radius 3 is 2.49 bits per heavy atom. The topological polar surface area (TPSA) is 120 Å². The zero-order chi connectivity index (χ0) is 29.6. The molecular weight excluding hydrogens is 548 g/mol. The van der Waals surface area contributed by atoms with Crippen LogP contribution in [0.2, 0.25) is 0 Å². The van der Waals surface area contributed by atoms with Gasteiger partial charge in [-0.1, -0.05) is 19.4 Å². The van der Waals surface area contributed by atoms with Crippen LogP contribution >= 0.6 is 0 Å². The molecule has 3 aliphatic rings. The SMILES string of the molecule is CCCCN(CCCCN(C)C)C(=O)CN1C[C@H](c2ccc3c(c2)OCO3)[C@@H](C(=O)O)[C@@H]1CCN1CCCS1(=O)=O. The van der Waals surface area contributed by atoms with Crippen LogP contribution in [-0.4, -0.2) is 123 Å². The van der Waals surface area contributed by atoms with E-state index in [0.717, 1.165) is 37.8 Å². The van der Waals surface area contributed by atoms with E-state index in [2.05, 4.69) is 11.8 Å². The zero-order valence-corrected chi connectivity index (χ0v) is 25.5. The molecule has 1 aromatic carbocycles. The predicted molar refractivity (Wildman–Crippen MR) is 156 cm³/mol. The number of carboxylic acid groups (broad SMARTS) is 1. The lowest BCUT2D eigenvalue weighted by atomic mass is 9.84. The van der Waals surface area contributed by atoms with Crippen molar-refractivity contribution in [1.29, 1.82) is 0 Å². The largest absolute Gasteiger partial charge is 0.481 e. The second-order valence-electron chi connectivity index (χ2n) is 11.7. The van der Waals surface area contributed by atoms with Crippen molar-refractivity contribution < 1.29 is 32.6 Å². The van der Waals surface area contributed by atoms with Gasteiger partial charge in [0, 0.05) is 44.7 Å². The molecule has 3 heterocycles. The van der Waals surface area contributed by atoms with Crippen LogP contribution in [0.25, 0.3) is 0 Å². The summed E-state index contributed by atoms with van der Waals surface area (Å²) in [5.74, 6) is -0.771. The Kier molecular flexibility index (Phi) is 10.9. The van der Waals surface area contributed by atoms with Crippen LogP contribution in [-0.2, 0) is 19.6 Å². The fraction of sp³-hybridized carbons (Fsp3) is 0.724. The van der Waals surface area contributed by atoms with E-state index in [4.69, 9.17) is 9.47 Å². The van der Waals surface area contributed by atoms with Crippen LogP contribution in [0.5, 0.6) is 11.5 Å². The van der Waals surface area contributed by atoms with Crippen molar-refractivity contribution in [3.8, 4) is 11.5 Å². The van der Waals surface area contributed by atoms with E-state index in [0.29, 0.717) is 50.5 Å². The normalized spacial score (nSPS) is 23.9. The number of carbonyl (C=O) groups excluding carboxylic acids is 1. The number of ether oxygens (including phenoxy) is 2. The molecule has 3 atom stereocenters. The number of likely N-dealkylation sites (tertiary alicyclic amines) is 1. The molecule has 2 fully saturated rings. The van der Waals surface area contributed by atoms with Gasteiger partial charge in [-0.15, -0.1) is 0 Å². The summed E-state index contributed by atoms with van der Waals surface area (Å²) in [4.78, 5) is 32.5. The van der Waals surface area contributed by atoms with Gasteiger partial charge in [-0.25, -0.2) is 12.7 Å². The second kappa shape index (κ2) is 14.2. The summed E-state index contributed by atoms with van der Waals surface area (Å²) in [5, 5.41) is 10.5. The summed E-state index contributed by atoms with van der Waals surface area (Å²) in [6.07, 6.45) is 4.72. The van der Waals surface area contributed by atoms with E-state index >= 15 is 0 Å². The van der Waals surface area contributed by atoms with Crippen LogP contribution in [0.15, 0.2) is 18.2 Å². The maximum absolute atomic E-state index is 13.7. The molecule has 1 aromatic rings. The highest BCUT2D eigenvalue weighted by Gasteiger charge is 2.48. The smallest absolute Gasteiger partial charge is 0.308 e. The monoisotopic (exact) mass is 594 g/mol. The molecule has 0 bridgehead atoms. The third kappa shape index (κ3) is 7.91. The Bertz CT molecular complexity index is 1160. The molecule has 0 aliphatic carbocycles. The molecule has 2 saturated heterocycles. The molecule has 0 aromatic heterocycles. The third-order valence-electron chi connectivity index (χ3n) is 8.49. The second-order valence-corrected chi connectivity index (χ2v) is 13.8. The van der Waals surface area contributed by atoms with E-state index in [-0.39, 0.29) is 37.5 Å². The molecular formula is C29H46N4O7S. The summed E-state index contributed by atoms with van der Waals surface area (Å²) in [6.45, 7) is 5.74. The van der Waals surface area contributed by atoms with Crippen molar-refractivity contribution in [2.45, 2.75) is 57.4 Å². The fourth-order valence-electron chi connectivity index (χ4n) is 6.27. The number of benzene rings is 1. The zero-order valence-electron chi connectivity index (χ0n) is 24.7. The van der Waals surface area contributed by atoms with Crippen LogP contribution in [0.1, 0.15) is 56.9 Å². The Morgan fingerprint density at radius 2 is 1.80 bits per heavy atom. The number of carbonyl (C=O) groups is 2. The molecule has 4 rings (SSSR count). The Balaban J connectivity index is 1.55. The van der Waals surface area contributed by atoms with Gasteiger partial charge in [-0.2, -0.15) is 0 Å². The first-order valence-corrected chi connectivity index (χ1v) is 16.5. The molecule has 12 heteroatoms. The van der Waals surface area contributed by atoms with E-state index < -0.39 is 28.0 Å². The molecule has 3 aliphatic heterocycles. The molecule has 0 radical (unpaired) electrons. The average molecular weight is 595 g/mol. The number of fused-ring (bicyclic) bond motifs is 1. The van der Waals surface area contributed by atoms with Crippen molar-refractivity contribution in [2.75, 3.05) is 72.5 Å². The molecule has 1 amide bonds. The van der Waals surface area contributed by atoms with Gasteiger partial charge in [0.1, 0.15) is 0 Å². The molecule has 1 N–H and O–H groups in total. The van der Waals surface area contributed by atoms with Crippen LogP contribution in [0, 0.1) is 5.92 Å². The summed E-state index contributed by atoms with van der Waals surface area (Å²) < 4.78 is 37.5. The summed E-state index contributed by atoms with van der Waals surface area (Å²) in [5.41, 5.74) is 0.821. The predicted octanol–water partition coefficient (Wildman–Crippen LogP) is 2.28. The van der Waals surface area contributed by atoms with Crippen molar-refractivity contribution in [3.05, 3.63) is 23.8 Å². The molecule has 11 nitrogen and oxygen atoms in total. The number of nitrogens with zero attached hydrogens (tertiary/aromatic N) is 4. The fourth-order valence-corrected chi connectivity index (χ4v) is 7.81. The molecule has 0 spiro atoms. The van der Waals surface area contributed by atoms with E-state index in [1.165, 1.54) is 4.31 Å². The van der Waals surface area contributed by atoms with E-state index in [9.17, 15) is 23.1 Å². The van der Waals surface area contributed by atoms with Gasteiger partial charge in [-0.05, 0) is 70.4 Å². The van der Waals surface area contributed by atoms with Gasteiger partial charge in [-0.3, -0.25) is 14.5 Å². The maximum atomic E-state index is 13.7. The lowest BCUT2D eigenvalue weighted by Gasteiger charge is -2.30. The molecule has 41 heavy (non-hydrogen) atoms. The molecule has 230 valence electrons. The highest BCUT2D eigenvalue weighted by Crippen LogP contribution is 2.43. The number of rotatable bonds is 15. The lowest BCUT2D eigenvalue weighted by Crippen LogP contribution is -2.45. The number of sulfonamides is 1. The first kappa shape index (κ1) is 31.5. The van der Waals surface area contributed by atoms with Gasteiger partial charge < -0.3 is 24.4 Å². The first-order valence-electron chi connectivity index (χ1n) is 14.9. The van der Waals surface area contributed by atoms with Crippen molar-refractivity contribution in [2.24, 2.45) is 5.92 Å². The van der Waals surface area contributed by atoms with Crippen LogP contribution < -0.4 is 9.47 Å². The minimum Gasteiger partial charge on any atom is -0.481 e. The van der Waals surface area contributed by atoms with Gasteiger partial charge in [0.05, 0.1) is 18.2 Å². The van der Waals surface area contributed by atoms with Crippen molar-refractivity contribution >= 4 is 21.9 Å². The minimum absolute atomic E-state index is 0.00225.